The molecule has 0 spiro atoms. The molecule has 1 saturated carbocycles. The number of likely N-dealkylation sites (tertiary alicyclic amines) is 1. The lowest BCUT2D eigenvalue weighted by Crippen LogP contribution is -2.37. The largest absolute Gasteiger partial charge is 0.444 e. The molecule has 21 heavy (non-hydrogen) atoms. The van der Waals surface area contributed by atoms with Gasteiger partial charge in [0.1, 0.15) is 5.60 Å². The van der Waals surface area contributed by atoms with Gasteiger partial charge in [-0.3, -0.25) is 4.79 Å². The molecule has 0 N–H and O–H groups in total. The molecule has 4 nitrogen and oxygen atoms in total. The number of piperidine rings is 1. The van der Waals surface area contributed by atoms with Crippen LogP contribution >= 0.6 is 11.3 Å². The predicted octanol–water partition coefficient (Wildman–Crippen LogP) is 3.35. The van der Waals surface area contributed by atoms with Crippen LogP contribution in [0.3, 0.4) is 0 Å². The van der Waals surface area contributed by atoms with Gasteiger partial charge in [-0.05, 0) is 56.5 Å². The second-order valence-electron chi connectivity index (χ2n) is 7.09. The number of nitrogens with zero attached hydrogens (tertiary/aromatic N) is 1. The Kier molecular flexibility index (Phi) is 3.35. The Bertz CT molecular complexity index is 575. The summed E-state index contributed by atoms with van der Waals surface area (Å²) in [4.78, 5) is 27.0. The van der Waals surface area contributed by atoms with Gasteiger partial charge in [0.25, 0.3) is 0 Å². The van der Waals surface area contributed by atoms with Crippen molar-refractivity contribution in [2.75, 3.05) is 13.1 Å². The van der Waals surface area contributed by atoms with Gasteiger partial charge in [-0.1, -0.05) is 0 Å². The fourth-order valence-electron chi connectivity index (χ4n) is 3.12. The molecule has 1 saturated heterocycles. The fourth-order valence-corrected chi connectivity index (χ4v) is 4.00. The zero-order chi connectivity index (χ0) is 15.4. The monoisotopic (exact) mass is 307 g/mol. The second kappa shape index (κ2) is 4.83. The summed E-state index contributed by atoms with van der Waals surface area (Å²) < 4.78 is 5.38. The summed E-state index contributed by atoms with van der Waals surface area (Å²) in [5.41, 5.74) is 0.678. The van der Waals surface area contributed by atoms with E-state index >= 15 is 0 Å². The van der Waals surface area contributed by atoms with Gasteiger partial charge >= 0.3 is 6.09 Å². The summed E-state index contributed by atoms with van der Waals surface area (Å²) in [6.45, 7) is 8.92. The molecule has 2 unspecified atom stereocenters. The zero-order valence-corrected chi connectivity index (χ0v) is 13.7. The molecule has 0 aromatic carbocycles. The number of carbonyl (C=O) groups is 2. The van der Waals surface area contributed by atoms with Gasteiger partial charge in [-0.15, -0.1) is 11.3 Å². The van der Waals surface area contributed by atoms with Gasteiger partial charge in [0, 0.05) is 19.0 Å². The quantitative estimate of drug-likeness (QED) is 0.787. The molecule has 2 heterocycles. The number of hydrogen-bond donors (Lipinski definition) is 0. The highest BCUT2D eigenvalue weighted by atomic mass is 32.1. The number of rotatable bonds is 2. The number of amides is 1. The van der Waals surface area contributed by atoms with Crippen molar-refractivity contribution in [3.05, 3.63) is 21.9 Å². The SMILES string of the molecule is Cc1csc(C(=O)C2C3CN(C(=O)OC(C)(C)C)CC32)c1. The number of aryl methyl sites for hydroxylation is 1. The topological polar surface area (TPSA) is 46.6 Å². The van der Waals surface area contributed by atoms with Gasteiger partial charge < -0.3 is 9.64 Å². The van der Waals surface area contributed by atoms with Crippen LogP contribution < -0.4 is 0 Å². The van der Waals surface area contributed by atoms with E-state index in [1.165, 1.54) is 11.3 Å². The van der Waals surface area contributed by atoms with E-state index in [1.54, 1.807) is 4.90 Å². The summed E-state index contributed by atoms with van der Waals surface area (Å²) in [7, 11) is 0. The van der Waals surface area contributed by atoms with Crippen LogP contribution in [0.15, 0.2) is 11.4 Å². The highest BCUT2D eigenvalue weighted by Gasteiger charge is 2.60. The van der Waals surface area contributed by atoms with Crippen LogP contribution in [0.25, 0.3) is 0 Å². The van der Waals surface area contributed by atoms with Crippen LogP contribution in [-0.2, 0) is 4.74 Å². The molecule has 5 heteroatoms. The summed E-state index contributed by atoms with van der Waals surface area (Å²) in [5.74, 6) is 1.02. The first kappa shape index (κ1) is 14.6. The molecule has 1 amide bonds. The standard InChI is InChI=1S/C16H21NO3S/c1-9-5-12(21-8-9)14(18)13-10-6-17(7-11(10)13)15(19)20-16(2,3)4/h5,8,10-11,13H,6-7H2,1-4H3. The van der Waals surface area contributed by atoms with E-state index in [9.17, 15) is 9.59 Å². The molecular formula is C16H21NO3S. The molecule has 3 rings (SSSR count). The average Bonchev–Trinajstić information content (AvgIpc) is 2.76. The lowest BCUT2D eigenvalue weighted by atomic mass is 10.1. The van der Waals surface area contributed by atoms with Crippen molar-refractivity contribution in [2.45, 2.75) is 33.3 Å². The molecular weight excluding hydrogens is 286 g/mol. The third-order valence-electron chi connectivity index (χ3n) is 4.12. The predicted molar refractivity (Wildman–Crippen MR) is 81.7 cm³/mol. The molecule has 114 valence electrons. The van der Waals surface area contributed by atoms with E-state index in [1.807, 2.05) is 39.1 Å². The minimum atomic E-state index is -0.465. The molecule has 0 radical (unpaired) electrons. The number of carbonyl (C=O) groups excluding carboxylic acids is 2. The van der Waals surface area contributed by atoms with Crippen LogP contribution in [0.1, 0.15) is 36.0 Å². The van der Waals surface area contributed by atoms with Gasteiger partial charge in [-0.2, -0.15) is 0 Å². The Hall–Kier alpha value is -1.36. The van der Waals surface area contributed by atoms with Crippen LogP contribution in [0, 0.1) is 24.7 Å². The van der Waals surface area contributed by atoms with Crippen LogP contribution in [0.5, 0.6) is 0 Å². The van der Waals surface area contributed by atoms with E-state index in [2.05, 4.69) is 0 Å². The van der Waals surface area contributed by atoms with Gasteiger partial charge in [0.05, 0.1) is 4.88 Å². The lowest BCUT2D eigenvalue weighted by Gasteiger charge is -2.25. The lowest BCUT2D eigenvalue weighted by molar-refractivity contribution is 0.0264. The Morgan fingerprint density at radius 3 is 2.38 bits per heavy atom. The number of hydrogen-bond acceptors (Lipinski definition) is 4. The highest BCUT2D eigenvalue weighted by molar-refractivity contribution is 7.12. The van der Waals surface area contributed by atoms with Crippen molar-refractivity contribution in [1.82, 2.24) is 4.90 Å². The van der Waals surface area contributed by atoms with Gasteiger partial charge in [-0.25, -0.2) is 4.79 Å². The molecule has 1 aliphatic carbocycles. The molecule has 2 fully saturated rings. The molecule has 1 aromatic heterocycles. The normalized spacial score (nSPS) is 27.4. The van der Waals surface area contributed by atoms with Crippen molar-refractivity contribution in [2.24, 2.45) is 17.8 Å². The van der Waals surface area contributed by atoms with E-state index in [4.69, 9.17) is 4.74 Å². The van der Waals surface area contributed by atoms with Crippen molar-refractivity contribution in [3.63, 3.8) is 0 Å². The first-order chi connectivity index (χ1) is 9.76. The summed E-state index contributed by atoms with van der Waals surface area (Å²) in [5, 5.41) is 2.01. The Balaban J connectivity index is 1.57. The third-order valence-corrected chi connectivity index (χ3v) is 5.18. The number of fused-ring (bicyclic) bond motifs is 1. The summed E-state index contributed by atoms with van der Waals surface area (Å²) in [6.07, 6.45) is -0.257. The zero-order valence-electron chi connectivity index (χ0n) is 12.9. The van der Waals surface area contributed by atoms with E-state index in [0.29, 0.717) is 24.9 Å². The first-order valence-corrected chi connectivity index (χ1v) is 8.21. The van der Waals surface area contributed by atoms with Crippen molar-refractivity contribution in [3.8, 4) is 0 Å². The van der Waals surface area contributed by atoms with Crippen molar-refractivity contribution >= 4 is 23.2 Å². The number of Topliss-reactive ketones (excluding diaryl/α,β-unsaturated/α-hetero) is 1. The molecule has 2 atom stereocenters. The van der Waals surface area contributed by atoms with Crippen molar-refractivity contribution < 1.29 is 14.3 Å². The maximum atomic E-state index is 12.4. The minimum Gasteiger partial charge on any atom is -0.444 e. The minimum absolute atomic E-state index is 0.113. The maximum absolute atomic E-state index is 12.4. The van der Waals surface area contributed by atoms with E-state index in [0.717, 1.165) is 10.4 Å². The Morgan fingerprint density at radius 2 is 1.90 bits per heavy atom. The molecule has 2 aliphatic rings. The molecule has 0 bridgehead atoms. The van der Waals surface area contributed by atoms with E-state index in [-0.39, 0.29) is 17.8 Å². The maximum Gasteiger partial charge on any atom is 0.410 e. The highest BCUT2D eigenvalue weighted by Crippen LogP contribution is 2.53. The van der Waals surface area contributed by atoms with Crippen molar-refractivity contribution in [1.29, 1.82) is 0 Å². The Labute approximate surface area is 129 Å². The summed E-state index contributed by atoms with van der Waals surface area (Å²) in [6, 6.07) is 1.96. The number of ketones is 1. The Morgan fingerprint density at radius 1 is 1.29 bits per heavy atom. The molecule has 1 aromatic rings. The number of ether oxygens (including phenoxy) is 1. The number of thiophene rings is 1. The summed E-state index contributed by atoms with van der Waals surface area (Å²) >= 11 is 1.52. The van der Waals surface area contributed by atoms with Crippen LogP contribution in [0.2, 0.25) is 0 Å². The first-order valence-electron chi connectivity index (χ1n) is 7.33. The third kappa shape index (κ3) is 2.84. The van der Waals surface area contributed by atoms with Crippen LogP contribution in [0.4, 0.5) is 4.79 Å². The smallest absolute Gasteiger partial charge is 0.410 e. The van der Waals surface area contributed by atoms with Crippen LogP contribution in [-0.4, -0.2) is 35.5 Å². The average molecular weight is 307 g/mol. The molecule has 1 aliphatic heterocycles. The van der Waals surface area contributed by atoms with E-state index < -0.39 is 5.60 Å². The second-order valence-corrected chi connectivity index (χ2v) is 8.00. The van der Waals surface area contributed by atoms with Gasteiger partial charge in [0.2, 0.25) is 0 Å². The van der Waals surface area contributed by atoms with Gasteiger partial charge in [0.15, 0.2) is 5.78 Å². The fraction of sp³-hybridized carbons (Fsp3) is 0.625.